The van der Waals surface area contributed by atoms with E-state index in [1.807, 2.05) is 0 Å². The summed E-state index contributed by atoms with van der Waals surface area (Å²) in [6, 6.07) is -3.89. The molecule has 6 N–H and O–H groups in total. The number of Topliss-reactive ketones (excluding diaryl/α,β-unsaturated/α-hetero) is 1. The topological polar surface area (TPSA) is 165 Å². The summed E-state index contributed by atoms with van der Waals surface area (Å²) in [6.07, 6.45) is 0.0873. The molecule has 0 aliphatic rings. The Morgan fingerprint density at radius 2 is 1.25 bits per heavy atom. The highest BCUT2D eigenvalue weighted by Crippen LogP contribution is 1.94. The molecule has 3 atom stereocenters. The fraction of sp³-hybridized carbons (Fsp3) is 0.692. The van der Waals surface area contributed by atoms with E-state index in [1.165, 1.54) is 0 Å². The van der Waals surface area contributed by atoms with Crippen molar-refractivity contribution in [2.24, 2.45) is 0 Å². The van der Waals surface area contributed by atoms with Crippen molar-refractivity contribution in [2.45, 2.75) is 31.5 Å². The minimum Gasteiger partial charge on any atom is -0.394 e. The molecule has 0 aromatic rings. The molecule has 0 saturated carbocycles. The largest absolute Gasteiger partial charge is 0.394 e. The minimum absolute atomic E-state index is 0.0873. The van der Waals surface area contributed by atoms with Crippen LogP contribution in [0.4, 0.5) is 0 Å². The van der Waals surface area contributed by atoms with Crippen LogP contribution in [-0.2, 0) is 19.2 Å². The molecule has 0 aromatic carbocycles. The van der Waals surface area contributed by atoms with Crippen LogP contribution in [0.2, 0.25) is 0 Å². The van der Waals surface area contributed by atoms with Gasteiger partial charge >= 0.3 is 0 Å². The first-order chi connectivity index (χ1) is 11.3. The summed E-state index contributed by atoms with van der Waals surface area (Å²) in [4.78, 5) is 46.6. The number of carbonyl (C=O) groups is 4. The first-order valence-corrected chi connectivity index (χ1v) is 7.83. The number of amides is 3. The predicted molar refractivity (Wildman–Crippen MR) is 86.2 cm³/mol. The third-order valence-corrected chi connectivity index (χ3v) is 3.32. The molecular formula is C13H23N3O7S. The van der Waals surface area contributed by atoms with Gasteiger partial charge in [0.05, 0.1) is 25.6 Å². The van der Waals surface area contributed by atoms with E-state index in [0.29, 0.717) is 0 Å². The number of aliphatic hydroxyl groups is 3. The molecule has 0 aliphatic heterocycles. The number of carbonyl (C=O) groups excluding carboxylic acids is 4. The zero-order chi connectivity index (χ0) is 18.7. The molecule has 0 fully saturated rings. The summed E-state index contributed by atoms with van der Waals surface area (Å²) in [5.41, 5.74) is 0. The zero-order valence-electron chi connectivity index (χ0n) is 13.2. The van der Waals surface area contributed by atoms with Gasteiger partial charge in [0.25, 0.3) is 0 Å². The number of hydrogen-bond donors (Lipinski definition) is 7. The Balaban J connectivity index is 4.82. The van der Waals surface area contributed by atoms with E-state index in [-0.39, 0.29) is 12.2 Å². The predicted octanol–water partition coefficient (Wildman–Crippen LogP) is -3.67. The molecule has 0 saturated heterocycles. The highest BCUT2D eigenvalue weighted by molar-refractivity contribution is 7.81. The maximum Gasteiger partial charge on any atom is 0.245 e. The average Bonchev–Trinajstić information content (AvgIpc) is 2.60. The van der Waals surface area contributed by atoms with Crippen LogP contribution in [0.15, 0.2) is 0 Å². The molecule has 11 heteroatoms. The lowest BCUT2D eigenvalue weighted by Crippen LogP contribution is -2.58. The summed E-state index contributed by atoms with van der Waals surface area (Å²) in [5.74, 6) is -3.01. The van der Waals surface area contributed by atoms with Crippen molar-refractivity contribution in [1.29, 1.82) is 0 Å². The summed E-state index contributed by atoms with van der Waals surface area (Å²) in [7, 11) is 0. The van der Waals surface area contributed by atoms with E-state index >= 15 is 0 Å². The quantitative estimate of drug-likeness (QED) is 0.185. The number of thiol groups is 1. The number of aliphatic hydroxyl groups excluding tert-OH is 3. The Labute approximate surface area is 144 Å². The molecule has 0 spiro atoms. The van der Waals surface area contributed by atoms with Crippen molar-refractivity contribution >= 4 is 36.1 Å². The smallest absolute Gasteiger partial charge is 0.245 e. The van der Waals surface area contributed by atoms with Crippen LogP contribution < -0.4 is 16.0 Å². The normalized spacial score (nSPS) is 14.2. The van der Waals surface area contributed by atoms with Crippen LogP contribution in [0.25, 0.3) is 0 Å². The van der Waals surface area contributed by atoms with Crippen LogP contribution in [-0.4, -0.2) is 82.5 Å². The van der Waals surface area contributed by atoms with E-state index < -0.39 is 61.5 Å². The van der Waals surface area contributed by atoms with Crippen molar-refractivity contribution in [3.05, 3.63) is 0 Å². The summed E-state index contributed by atoms with van der Waals surface area (Å²) >= 11 is 3.71. The van der Waals surface area contributed by atoms with Gasteiger partial charge in [-0.1, -0.05) is 6.92 Å². The van der Waals surface area contributed by atoms with Crippen molar-refractivity contribution in [3.8, 4) is 0 Å². The molecule has 138 valence electrons. The van der Waals surface area contributed by atoms with Gasteiger partial charge in [0.2, 0.25) is 17.7 Å². The van der Waals surface area contributed by atoms with Gasteiger partial charge in [-0.3, -0.25) is 19.2 Å². The fourth-order valence-corrected chi connectivity index (χ4v) is 1.74. The number of rotatable bonds is 11. The number of ketones is 1. The van der Waals surface area contributed by atoms with E-state index in [0.717, 1.165) is 0 Å². The van der Waals surface area contributed by atoms with Gasteiger partial charge in [-0.25, -0.2) is 0 Å². The third kappa shape index (κ3) is 7.25. The van der Waals surface area contributed by atoms with Gasteiger partial charge in [0, 0.05) is 6.42 Å². The van der Waals surface area contributed by atoms with Crippen molar-refractivity contribution in [3.63, 3.8) is 0 Å². The Kier molecular flexibility index (Phi) is 11.0. The second kappa shape index (κ2) is 11.8. The Morgan fingerprint density at radius 1 is 0.833 bits per heavy atom. The number of nitrogens with one attached hydrogen (secondary N) is 3. The van der Waals surface area contributed by atoms with Crippen LogP contribution in [0.5, 0.6) is 0 Å². The summed E-state index contributed by atoms with van der Waals surface area (Å²) < 4.78 is 0. The zero-order valence-corrected chi connectivity index (χ0v) is 14.1. The third-order valence-electron chi connectivity index (χ3n) is 3.03. The average molecular weight is 365 g/mol. The molecule has 10 nitrogen and oxygen atoms in total. The Morgan fingerprint density at radius 3 is 1.62 bits per heavy atom. The molecule has 0 aromatic heterocycles. The van der Waals surface area contributed by atoms with Crippen LogP contribution >= 0.6 is 12.6 Å². The molecular weight excluding hydrogens is 342 g/mol. The molecule has 0 aliphatic carbocycles. The molecule has 0 heterocycles. The van der Waals surface area contributed by atoms with Gasteiger partial charge in [-0.05, 0) is 0 Å². The summed E-state index contributed by atoms with van der Waals surface area (Å²) in [5, 5.41) is 34.0. The Hall–Kier alpha value is -1.69. The van der Waals surface area contributed by atoms with Crippen LogP contribution in [0.3, 0.4) is 0 Å². The molecule has 3 unspecified atom stereocenters. The molecule has 0 rings (SSSR count). The van der Waals surface area contributed by atoms with Crippen molar-refractivity contribution in [1.82, 2.24) is 16.0 Å². The first-order valence-electron chi connectivity index (χ1n) is 7.20. The fourth-order valence-electron chi connectivity index (χ4n) is 1.65. The molecule has 0 bridgehead atoms. The van der Waals surface area contributed by atoms with Gasteiger partial charge in [-0.15, -0.1) is 0 Å². The van der Waals surface area contributed by atoms with E-state index in [4.69, 9.17) is 10.2 Å². The van der Waals surface area contributed by atoms with Gasteiger partial charge < -0.3 is 31.3 Å². The standard InChI is InChI=1S/C13H23N3O7S/c1-2-10(20)7(3-17)15-13(23)9(5-19)16-12(22)8(4-18)14-11(21)6-24/h7-9,17-19,24H,2-6H2,1H3,(H,14,21)(H,15,23)(H,16,22). The minimum atomic E-state index is -1.42. The lowest BCUT2D eigenvalue weighted by Gasteiger charge is -2.22. The summed E-state index contributed by atoms with van der Waals surface area (Å²) in [6.45, 7) is -0.576. The lowest BCUT2D eigenvalue weighted by molar-refractivity contribution is -0.134. The highest BCUT2D eigenvalue weighted by atomic mass is 32.1. The molecule has 24 heavy (non-hydrogen) atoms. The molecule has 3 amide bonds. The van der Waals surface area contributed by atoms with E-state index in [2.05, 4.69) is 28.6 Å². The van der Waals surface area contributed by atoms with Crippen LogP contribution in [0, 0.1) is 0 Å². The maximum absolute atomic E-state index is 12.0. The Bertz CT molecular complexity index is 461. The first kappa shape index (κ1) is 22.3. The molecule has 0 radical (unpaired) electrons. The van der Waals surface area contributed by atoms with Crippen molar-refractivity contribution < 1.29 is 34.5 Å². The second-order valence-electron chi connectivity index (χ2n) is 4.77. The van der Waals surface area contributed by atoms with E-state index in [9.17, 15) is 24.3 Å². The highest BCUT2D eigenvalue weighted by Gasteiger charge is 2.28. The number of hydrogen-bond acceptors (Lipinski definition) is 8. The van der Waals surface area contributed by atoms with Gasteiger partial charge in [-0.2, -0.15) is 12.6 Å². The lowest BCUT2D eigenvalue weighted by atomic mass is 10.1. The van der Waals surface area contributed by atoms with Crippen molar-refractivity contribution in [2.75, 3.05) is 25.6 Å². The maximum atomic E-state index is 12.0. The van der Waals surface area contributed by atoms with Gasteiger partial charge in [0.15, 0.2) is 5.78 Å². The van der Waals surface area contributed by atoms with Crippen LogP contribution in [0.1, 0.15) is 13.3 Å². The monoisotopic (exact) mass is 365 g/mol. The van der Waals surface area contributed by atoms with E-state index in [1.54, 1.807) is 6.92 Å². The SMILES string of the molecule is CCC(=O)C(CO)NC(=O)C(CO)NC(=O)C(CO)NC(=O)CS. The second-order valence-corrected chi connectivity index (χ2v) is 5.08. The van der Waals surface area contributed by atoms with Gasteiger partial charge in [0.1, 0.15) is 18.1 Å².